The summed E-state index contributed by atoms with van der Waals surface area (Å²) in [7, 11) is 3.86. The van der Waals surface area contributed by atoms with Gasteiger partial charge in [0.2, 0.25) is 0 Å². The van der Waals surface area contributed by atoms with Crippen molar-refractivity contribution in [1.82, 2.24) is 19.5 Å². The number of ether oxygens (including phenoxy) is 1. The zero-order valence-corrected chi connectivity index (χ0v) is 14.1. The Hall–Kier alpha value is -2.40. The summed E-state index contributed by atoms with van der Waals surface area (Å²) in [6.07, 6.45) is 4.43. The molecule has 1 atom stereocenters. The summed E-state index contributed by atoms with van der Waals surface area (Å²) >= 11 is 0. The van der Waals surface area contributed by atoms with E-state index in [9.17, 15) is 0 Å². The van der Waals surface area contributed by atoms with E-state index in [0.717, 1.165) is 34.9 Å². The second-order valence-corrected chi connectivity index (χ2v) is 6.52. The van der Waals surface area contributed by atoms with Crippen LogP contribution in [0.15, 0.2) is 42.6 Å². The molecule has 5 heteroatoms. The van der Waals surface area contributed by atoms with Gasteiger partial charge in [-0.15, -0.1) is 0 Å². The highest BCUT2D eigenvalue weighted by atomic mass is 16.5. The van der Waals surface area contributed by atoms with Crippen LogP contribution in [0.2, 0.25) is 0 Å². The predicted molar refractivity (Wildman–Crippen MR) is 94.4 cm³/mol. The number of piperidine rings is 1. The second kappa shape index (κ2) is 6.24. The number of benzene rings is 1. The van der Waals surface area contributed by atoms with Crippen molar-refractivity contribution in [3.05, 3.63) is 48.4 Å². The van der Waals surface area contributed by atoms with E-state index in [1.807, 2.05) is 35.0 Å². The monoisotopic (exact) mass is 322 g/mol. The summed E-state index contributed by atoms with van der Waals surface area (Å²) in [5.74, 6) is 2.25. The molecule has 124 valence electrons. The van der Waals surface area contributed by atoms with Crippen molar-refractivity contribution in [1.29, 1.82) is 0 Å². The first-order valence-corrected chi connectivity index (χ1v) is 8.42. The lowest BCUT2D eigenvalue weighted by molar-refractivity contribution is 0.246. The lowest BCUT2D eigenvalue weighted by Gasteiger charge is -2.27. The molecule has 1 aromatic carbocycles. The molecule has 2 aromatic heterocycles. The van der Waals surface area contributed by atoms with Crippen LogP contribution in [0, 0.1) is 0 Å². The van der Waals surface area contributed by atoms with Gasteiger partial charge in [0, 0.05) is 24.2 Å². The number of pyridine rings is 1. The summed E-state index contributed by atoms with van der Waals surface area (Å²) in [4.78, 5) is 7.10. The SMILES string of the molecule is COc1cccc(-c2ccc3nc([C@@H]4CCCN(C)C4)nn3c2)c1. The van der Waals surface area contributed by atoms with E-state index in [-0.39, 0.29) is 0 Å². The number of aromatic nitrogens is 3. The molecule has 0 bridgehead atoms. The van der Waals surface area contributed by atoms with Crippen LogP contribution in [-0.4, -0.2) is 46.7 Å². The highest BCUT2D eigenvalue weighted by Crippen LogP contribution is 2.26. The Labute approximate surface area is 141 Å². The number of rotatable bonds is 3. The molecule has 0 radical (unpaired) electrons. The second-order valence-electron chi connectivity index (χ2n) is 6.52. The van der Waals surface area contributed by atoms with Crippen LogP contribution in [0.4, 0.5) is 0 Å². The first kappa shape index (κ1) is 15.1. The summed E-state index contributed by atoms with van der Waals surface area (Å²) < 4.78 is 7.22. The fourth-order valence-electron chi connectivity index (χ4n) is 3.42. The number of nitrogens with zero attached hydrogens (tertiary/aromatic N) is 4. The van der Waals surface area contributed by atoms with Crippen LogP contribution in [-0.2, 0) is 0 Å². The van der Waals surface area contributed by atoms with Gasteiger partial charge < -0.3 is 9.64 Å². The summed E-state index contributed by atoms with van der Waals surface area (Å²) in [5, 5.41) is 4.75. The number of methoxy groups -OCH3 is 1. The highest BCUT2D eigenvalue weighted by molar-refractivity contribution is 5.65. The Morgan fingerprint density at radius 3 is 2.92 bits per heavy atom. The number of likely N-dealkylation sites (tertiary alicyclic amines) is 1. The minimum Gasteiger partial charge on any atom is -0.497 e. The Kier molecular flexibility index (Phi) is 3.94. The molecule has 0 aliphatic carbocycles. The van der Waals surface area contributed by atoms with Crippen molar-refractivity contribution in [2.24, 2.45) is 0 Å². The number of fused-ring (bicyclic) bond motifs is 1. The highest BCUT2D eigenvalue weighted by Gasteiger charge is 2.22. The third kappa shape index (κ3) is 2.87. The lowest BCUT2D eigenvalue weighted by Crippen LogP contribution is -2.31. The van der Waals surface area contributed by atoms with Gasteiger partial charge in [0.05, 0.1) is 7.11 Å². The molecular formula is C19H22N4O. The predicted octanol–water partition coefficient (Wildman–Crippen LogP) is 3.21. The van der Waals surface area contributed by atoms with Crippen LogP contribution in [0.25, 0.3) is 16.8 Å². The standard InChI is InChI=1S/C19H22N4O/c1-22-10-4-6-16(12-22)19-20-18-9-8-15(13-23(18)21-19)14-5-3-7-17(11-14)24-2/h3,5,7-9,11,13,16H,4,6,10,12H2,1-2H3/t16-/m1/s1. The number of likely N-dealkylation sites (N-methyl/N-ethyl adjacent to an activating group) is 1. The van der Waals surface area contributed by atoms with E-state index in [1.165, 1.54) is 19.4 Å². The van der Waals surface area contributed by atoms with Gasteiger partial charge in [-0.1, -0.05) is 12.1 Å². The zero-order valence-electron chi connectivity index (χ0n) is 14.1. The average Bonchev–Trinajstić information content (AvgIpc) is 3.05. The summed E-state index contributed by atoms with van der Waals surface area (Å²) in [6, 6.07) is 12.2. The molecule has 0 N–H and O–H groups in total. The Bertz CT molecular complexity index is 857. The molecule has 4 rings (SSSR count). The molecule has 0 saturated carbocycles. The average molecular weight is 322 g/mol. The molecule has 0 spiro atoms. The van der Waals surface area contributed by atoms with Crippen LogP contribution in [0.1, 0.15) is 24.6 Å². The Morgan fingerprint density at radius 2 is 2.08 bits per heavy atom. The molecule has 3 aromatic rings. The molecule has 5 nitrogen and oxygen atoms in total. The smallest absolute Gasteiger partial charge is 0.156 e. The molecule has 1 aliphatic heterocycles. The van der Waals surface area contributed by atoms with Crippen molar-refractivity contribution in [2.75, 3.05) is 27.2 Å². The topological polar surface area (TPSA) is 42.7 Å². The van der Waals surface area contributed by atoms with Gasteiger partial charge in [0.1, 0.15) is 5.75 Å². The van der Waals surface area contributed by atoms with Crippen LogP contribution < -0.4 is 4.74 Å². The van der Waals surface area contributed by atoms with Gasteiger partial charge in [-0.3, -0.25) is 0 Å². The molecule has 1 fully saturated rings. The number of hydrogen-bond donors (Lipinski definition) is 0. The molecule has 3 heterocycles. The van der Waals surface area contributed by atoms with Gasteiger partial charge in [-0.25, -0.2) is 9.50 Å². The fourth-order valence-corrected chi connectivity index (χ4v) is 3.42. The van der Waals surface area contributed by atoms with Crippen LogP contribution >= 0.6 is 0 Å². The maximum Gasteiger partial charge on any atom is 0.156 e. The van der Waals surface area contributed by atoms with Crippen molar-refractivity contribution in [3.63, 3.8) is 0 Å². The molecule has 0 amide bonds. The van der Waals surface area contributed by atoms with Gasteiger partial charge in [0.15, 0.2) is 11.5 Å². The van der Waals surface area contributed by atoms with Gasteiger partial charge in [-0.05, 0) is 56.3 Å². The largest absolute Gasteiger partial charge is 0.497 e. The normalized spacial score (nSPS) is 18.8. The minimum atomic E-state index is 0.434. The summed E-state index contributed by atoms with van der Waals surface area (Å²) in [5.41, 5.74) is 3.13. The van der Waals surface area contributed by atoms with Crippen LogP contribution in [0.5, 0.6) is 5.75 Å². The molecular weight excluding hydrogens is 300 g/mol. The third-order valence-corrected chi connectivity index (χ3v) is 4.74. The first-order valence-electron chi connectivity index (χ1n) is 8.42. The van der Waals surface area contributed by atoms with E-state index < -0.39 is 0 Å². The number of hydrogen-bond acceptors (Lipinski definition) is 4. The van der Waals surface area contributed by atoms with Crippen molar-refractivity contribution < 1.29 is 4.74 Å². The van der Waals surface area contributed by atoms with Gasteiger partial charge in [-0.2, -0.15) is 5.10 Å². The molecule has 1 aliphatic rings. The molecule has 0 unspecified atom stereocenters. The fraction of sp³-hybridized carbons (Fsp3) is 0.368. The molecule has 24 heavy (non-hydrogen) atoms. The Balaban J connectivity index is 1.68. The summed E-state index contributed by atoms with van der Waals surface area (Å²) in [6.45, 7) is 2.21. The third-order valence-electron chi connectivity index (χ3n) is 4.74. The van der Waals surface area contributed by atoms with E-state index in [1.54, 1.807) is 7.11 Å². The van der Waals surface area contributed by atoms with Gasteiger partial charge in [0.25, 0.3) is 0 Å². The van der Waals surface area contributed by atoms with E-state index >= 15 is 0 Å². The maximum atomic E-state index is 5.32. The minimum absolute atomic E-state index is 0.434. The van der Waals surface area contributed by atoms with Crippen molar-refractivity contribution >= 4 is 5.65 Å². The quantitative estimate of drug-likeness (QED) is 0.742. The van der Waals surface area contributed by atoms with Crippen molar-refractivity contribution in [3.8, 4) is 16.9 Å². The lowest BCUT2D eigenvalue weighted by atomic mass is 9.98. The maximum absolute atomic E-state index is 5.32. The Morgan fingerprint density at radius 1 is 1.17 bits per heavy atom. The van der Waals surface area contributed by atoms with Crippen LogP contribution in [0.3, 0.4) is 0 Å². The van der Waals surface area contributed by atoms with Gasteiger partial charge >= 0.3 is 0 Å². The molecule has 1 saturated heterocycles. The van der Waals surface area contributed by atoms with E-state index in [4.69, 9.17) is 14.8 Å². The van der Waals surface area contributed by atoms with Crippen molar-refractivity contribution in [2.45, 2.75) is 18.8 Å². The zero-order chi connectivity index (χ0) is 16.5. The van der Waals surface area contributed by atoms with E-state index in [0.29, 0.717) is 5.92 Å². The van der Waals surface area contributed by atoms with E-state index in [2.05, 4.69) is 24.1 Å². The first-order chi connectivity index (χ1) is 11.7.